The molecule has 20 heteroatoms. The molecule has 0 aliphatic carbocycles. The van der Waals surface area contributed by atoms with Crippen LogP contribution in [0.2, 0.25) is 0 Å². The number of rotatable bonds is 22. The van der Waals surface area contributed by atoms with Gasteiger partial charge >= 0.3 is 0 Å². The highest BCUT2D eigenvalue weighted by molar-refractivity contribution is 5.82. The summed E-state index contributed by atoms with van der Waals surface area (Å²) < 4.78 is 79.1. The normalized spacial score (nSPS) is 18.1. The fourth-order valence-corrected chi connectivity index (χ4v) is 10.1. The molecular formula is C59H76F4N10O6. The molecule has 0 spiro atoms. The van der Waals surface area contributed by atoms with Crippen molar-refractivity contribution in [2.24, 2.45) is 17.6 Å². The van der Waals surface area contributed by atoms with Crippen molar-refractivity contribution in [1.29, 1.82) is 0 Å². The van der Waals surface area contributed by atoms with Crippen LogP contribution >= 0.6 is 0 Å². The zero-order valence-electron chi connectivity index (χ0n) is 46.7. The number of ether oxygens (including phenoxy) is 3. The zero-order chi connectivity index (χ0) is 57.2. The Morgan fingerprint density at radius 3 is 1.70 bits per heavy atom. The number of hydrogen-bond acceptors (Lipinski definition) is 12. The first-order valence-corrected chi connectivity index (χ1v) is 27.0. The van der Waals surface area contributed by atoms with E-state index < -0.39 is 64.7 Å². The number of aromatic nitrogens is 6. The van der Waals surface area contributed by atoms with Crippen LogP contribution in [0.25, 0.3) is 22.8 Å². The molecule has 4 heterocycles. The maximum Gasteiger partial charge on any atom is 0.252 e. The number of carbonyl (C=O) groups excluding carboxylic acids is 2. The summed E-state index contributed by atoms with van der Waals surface area (Å²) >= 11 is 0. The first-order chi connectivity index (χ1) is 37.7. The topological polar surface area (TPSA) is 188 Å². The highest BCUT2D eigenvalue weighted by Gasteiger charge is 2.46. The lowest BCUT2D eigenvalue weighted by Crippen LogP contribution is -2.52. The molecule has 2 aliphatic rings. The molecule has 16 nitrogen and oxygen atoms in total. The van der Waals surface area contributed by atoms with E-state index in [1.165, 1.54) is 18.9 Å². The lowest BCUT2D eigenvalue weighted by atomic mass is 9.91. The number of nitrogens with zero attached hydrogens (tertiary/aromatic N) is 8. The third-order valence-corrected chi connectivity index (χ3v) is 15.1. The van der Waals surface area contributed by atoms with Crippen molar-refractivity contribution in [3.63, 3.8) is 0 Å². The summed E-state index contributed by atoms with van der Waals surface area (Å²) in [5.41, 5.74) is 5.94. The Labute approximate surface area is 460 Å². The summed E-state index contributed by atoms with van der Waals surface area (Å²) in [5.74, 6) is -1.85. The van der Waals surface area contributed by atoms with Gasteiger partial charge in [0.05, 0.1) is 35.4 Å². The summed E-state index contributed by atoms with van der Waals surface area (Å²) in [4.78, 5) is 40.4. The van der Waals surface area contributed by atoms with Crippen LogP contribution in [0.5, 0.6) is 0 Å². The van der Waals surface area contributed by atoms with Crippen molar-refractivity contribution >= 4 is 11.8 Å². The Bertz CT molecular complexity index is 2950. The SMILES string of the molecule is CC[C@@H](N)CCN(C(=O)[C@H](C)O)[C@@H](c1nc(-c2cc(F)ccc2F)nn1Cc1ccccc1)C(C)(C)OC.COC(C)(C)[C@H](c1nc(-c2cc(F)ccc2F)nn1Cc1ccccc1)N(C[C@@H]1CNC[C@@H]1C)C(=O)[C@@H]1CCCO1. The molecule has 0 bridgehead atoms. The van der Waals surface area contributed by atoms with Crippen LogP contribution in [0.1, 0.15) is 109 Å². The molecule has 8 rings (SSSR count). The Morgan fingerprint density at radius 2 is 1.28 bits per heavy atom. The van der Waals surface area contributed by atoms with Gasteiger partial charge in [-0.05, 0) is 133 Å². The van der Waals surface area contributed by atoms with Gasteiger partial charge in [-0.25, -0.2) is 36.9 Å². The van der Waals surface area contributed by atoms with Crippen LogP contribution < -0.4 is 11.1 Å². The van der Waals surface area contributed by atoms with Gasteiger partial charge in [-0.3, -0.25) is 9.59 Å². The predicted molar refractivity (Wildman–Crippen MR) is 292 cm³/mol. The van der Waals surface area contributed by atoms with Gasteiger partial charge in [0.15, 0.2) is 23.3 Å². The second-order valence-electron chi connectivity index (χ2n) is 21.6. The number of hydrogen-bond donors (Lipinski definition) is 3. The number of carbonyl (C=O) groups is 2. The number of amides is 2. The molecule has 2 aromatic heterocycles. The fourth-order valence-electron chi connectivity index (χ4n) is 10.1. The van der Waals surface area contributed by atoms with Gasteiger partial charge in [0.25, 0.3) is 11.8 Å². The molecule has 2 aliphatic heterocycles. The average Bonchev–Trinajstić information content (AvgIpc) is 4.34. The summed E-state index contributed by atoms with van der Waals surface area (Å²) in [6.45, 7) is 16.4. The minimum Gasteiger partial charge on any atom is -0.384 e. The minimum absolute atomic E-state index is 0.0282. The Balaban J connectivity index is 0.000000229. The average molecular weight is 1100 g/mol. The molecule has 4 aromatic carbocycles. The lowest BCUT2D eigenvalue weighted by Gasteiger charge is -2.42. The zero-order valence-corrected chi connectivity index (χ0v) is 46.7. The summed E-state index contributed by atoms with van der Waals surface area (Å²) in [6.07, 6.45) is 0.793. The van der Waals surface area contributed by atoms with Crippen molar-refractivity contribution in [2.45, 2.75) is 129 Å². The molecular weight excluding hydrogens is 1020 g/mol. The molecule has 2 fully saturated rings. The van der Waals surface area contributed by atoms with Gasteiger partial charge in [0, 0.05) is 40.0 Å². The largest absolute Gasteiger partial charge is 0.384 e. The van der Waals surface area contributed by atoms with E-state index in [0.29, 0.717) is 56.5 Å². The fraction of sp³-hybridized carbons (Fsp3) is 0.492. The van der Waals surface area contributed by atoms with Crippen LogP contribution in [-0.2, 0) is 36.9 Å². The van der Waals surface area contributed by atoms with E-state index in [9.17, 15) is 32.3 Å². The van der Waals surface area contributed by atoms with Gasteiger partial charge in [0.2, 0.25) is 0 Å². The van der Waals surface area contributed by atoms with Crippen LogP contribution in [-0.4, -0.2) is 133 Å². The third-order valence-electron chi connectivity index (χ3n) is 15.1. The molecule has 0 radical (unpaired) electrons. The molecule has 426 valence electrons. The molecule has 7 atom stereocenters. The van der Waals surface area contributed by atoms with Gasteiger partial charge in [-0.1, -0.05) is 74.5 Å². The van der Waals surface area contributed by atoms with E-state index in [2.05, 4.69) is 22.3 Å². The molecule has 2 amide bonds. The van der Waals surface area contributed by atoms with E-state index >= 15 is 0 Å². The predicted octanol–water partition coefficient (Wildman–Crippen LogP) is 8.68. The van der Waals surface area contributed by atoms with Gasteiger partial charge in [0.1, 0.15) is 47.6 Å². The van der Waals surface area contributed by atoms with Gasteiger partial charge in [-0.2, -0.15) is 10.2 Å². The summed E-state index contributed by atoms with van der Waals surface area (Å²) in [6, 6.07) is 23.8. The second-order valence-corrected chi connectivity index (χ2v) is 21.6. The molecule has 4 N–H and O–H groups in total. The second kappa shape index (κ2) is 26.7. The van der Waals surface area contributed by atoms with Gasteiger partial charge in [-0.15, -0.1) is 0 Å². The highest BCUT2D eigenvalue weighted by atomic mass is 19.1. The number of halogens is 4. The summed E-state index contributed by atoms with van der Waals surface area (Å²) in [5, 5.41) is 23.0. The Morgan fingerprint density at radius 1 is 0.785 bits per heavy atom. The molecule has 0 saturated carbocycles. The van der Waals surface area contributed by atoms with Crippen LogP contribution in [0, 0.1) is 35.1 Å². The first kappa shape index (κ1) is 60.2. The van der Waals surface area contributed by atoms with E-state index in [0.717, 1.165) is 67.0 Å². The van der Waals surface area contributed by atoms with E-state index in [1.807, 2.05) is 86.3 Å². The van der Waals surface area contributed by atoms with E-state index in [1.54, 1.807) is 30.3 Å². The maximum absolute atomic E-state index is 15.0. The summed E-state index contributed by atoms with van der Waals surface area (Å²) in [7, 11) is 3.12. The quantitative estimate of drug-likeness (QED) is 0.0550. The highest BCUT2D eigenvalue weighted by Crippen LogP contribution is 2.39. The smallest absolute Gasteiger partial charge is 0.252 e. The number of nitrogens with one attached hydrogen (secondary N) is 1. The number of benzene rings is 4. The molecule has 79 heavy (non-hydrogen) atoms. The molecule has 2 saturated heterocycles. The number of aliphatic hydroxyl groups is 1. The first-order valence-electron chi connectivity index (χ1n) is 27.0. The van der Waals surface area contributed by atoms with Crippen molar-refractivity contribution in [3.8, 4) is 22.8 Å². The van der Waals surface area contributed by atoms with Crippen molar-refractivity contribution in [3.05, 3.63) is 143 Å². The van der Waals surface area contributed by atoms with Crippen LogP contribution in [0.4, 0.5) is 17.6 Å². The van der Waals surface area contributed by atoms with Crippen molar-refractivity contribution in [1.82, 2.24) is 44.6 Å². The molecule has 6 aromatic rings. The monoisotopic (exact) mass is 1100 g/mol. The van der Waals surface area contributed by atoms with Crippen LogP contribution in [0.3, 0.4) is 0 Å². The van der Waals surface area contributed by atoms with Crippen LogP contribution in [0.15, 0.2) is 97.1 Å². The maximum atomic E-state index is 15.0. The minimum atomic E-state index is -1.30. The third kappa shape index (κ3) is 14.7. The van der Waals surface area contributed by atoms with Crippen molar-refractivity contribution in [2.75, 3.05) is 47.0 Å². The molecule has 0 unspecified atom stereocenters. The number of aliphatic hydroxyl groups excluding tert-OH is 1. The standard InChI is InChI=1S/C31H39F2N5O3.C28H37F2N5O3/c1-20-16-34-17-22(20)19-37(30(39)26-11-8-14-41-26)27(31(2,3)40-4)29-35-28(24-15-23(32)12-13-25(24)33)36-38(29)18-21-9-6-5-7-10-21;1-6-21(31)14-15-34(27(37)18(2)36)24(28(3,4)38-5)26-32-25(22-16-20(29)12-13-23(22)30)33-35(26)17-19-10-8-7-9-11-19/h5-7,9-10,12-13,15,20,22,26-27,34H,8,11,14,16-19H2,1-4H3;7-13,16,18,21,24,36H,6,14-15,17,31H2,1-5H3/t20-,22-,26-,27-;18-,21+,24-/m00/s1. The van der Waals surface area contributed by atoms with Gasteiger partial charge < -0.3 is 40.2 Å². The van der Waals surface area contributed by atoms with E-state index in [4.69, 9.17) is 30.0 Å². The van der Waals surface area contributed by atoms with Crippen molar-refractivity contribution < 1.29 is 46.5 Å². The Kier molecular flexibility index (Phi) is 20.3. The van der Waals surface area contributed by atoms with E-state index in [-0.39, 0.29) is 53.7 Å². The Hall–Kier alpha value is -6.42. The number of methoxy groups -OCH3 is 2. The number of nitrogens with two attached hydrogens (primary N) is 1. The lowest BCUT2D eigenvalue weighted by molar-refractivity contribution is -0.153.